The van der Waals surface area contributed by atoms with Crippen molar-refractivity contribution in [1.29, 1.82) is 0 Å². The van der Waals surface area contributed by atoms with Gasteiger partial charge in [-0.1, -0.05) is 17.7 Å². The summed E-state index contributed by atoms with van der Waals surface area (Å²) in [5, 5.41) is 13.8. The average Bonchev–Trinajstić information content (AvgIpc) is 3.18. The molecule has 6 heteroatoms. The monoisotopic (exact) mass is 329 g/mol. The van der Waals surface area contributed by atoms with E-state index >= 15 is 0 Å². The molecule has 2 aromatic heterocycles. The van der Waals surface area contributed by atoms with Gasteiger partial charge < -0.3 is 0 Å². The third-order valence-electron chi connectivity index (χ3n) is 4.74. The Balaban J connectivity index is 1.58. The van der Waals surface area contributed by atoms with E-state index in [2.05, 4.69) is 27.2 Å². The Kier molecular flexibility index (Phi) is 3.83. The number of aromatic nitrogens is 4. The fraction of sp³-hybridized carbons (Fsp3) is 0.412. The molecule has 1 aromatic carbocycles. The van der Waals surface area contributed by atoms with E-state index in [1.54, 1.807) is 0 Å². The predicted molar refractivity (Wildman–Crippen MR) is 91.6 cm³/mol. The normalized spacial score (nSPS) is 19.5. The molecule has 3 aromatic rings. The highest BCUT2D eigenvalue weighted by Crippen LogP contribution is 2.30. The fourth-order valence-electron chi connectivity index (χ4n) is 3.62. The quantitative estimate of drug-likeness (QED) is 0.802. The standard InChI is InChI=1S/C17H20ClN5/c1-22-16-6-2-5-13(18)17(16)15(21-22)11-23-9-3-4-12(10-23)14-7-8-19-20-14/h2,5-8,12H,3-4,9-11H2,1H3,(H,19,20)/t12-/m0/s1. The van der Waals surface area contributed by atoms with E-state index in [-0.39, 0.29) is 0 Å². The van der Waals surface area contributed by atoms with Crippen molar-refractivity contribution in [3.8, 4) is 0 Å². The van der Waals surface area contributed by atoms with Gasteiger partial charge in [0.2, 0.25) is 0 Å². The molecule has 1 aliphatic rings. The highest BCUT2D eigenvalue weighted by molar-refractivity contribution is 6.35. The van der Waals surface area contributed by atoms with Crippen molar-refractivity contribution in [2.24, 2.45) is 7.05 Å². The largest absolute Gasteiger partial charge is 0.297 e. The lowest BCUT2D eigenvalue weighted by atomic mass is 9.95. The van der Waals surface area contributed by atoms with E-state index < -0.39 is 0 Å². The minimum atomic E-state index is 0.525. The topological polar surface area (TPSA) is 49.7 Å². The molecule has 1 aliphatic heterocycles. The average molecular weight is 330 g/mol. The number of hydrogen-bond acceptors (Lipinski definition) is 3. The molecule has 1 atom stereocenters. The lowest BCUT2D eigenvalue weighted by Crippen LogP contribution is -2.34. The van der Waals surface area contributed by atoms with E-state index in [4.69, 9.17) is 16.7 Å². The SMILES string of the molecule is Cn1nc(CN2CCC[C@H](c3ccn[nH]3)C2)c2c(Cl)cccc21. The second kappa shape index (κ2) is 5.98. The van der Waals surface area contributed by atoms with Gasteiger partial charge in [-0.05, 0) is 37.6 Å². The van der Waals surface area contributed by atoms with Crippen molar-refractivity contribution in [2.75, 3.05) is 13.1 Å². The van der Waals surface area contributed by atoms with Gasteiger partial charge in [-0.2, -0.15) is 10.2 Å². The summed E-state index contributed by atoms with van der Waals surface area (Å²) in [6.45, 7) is 2.98. The molecule has 120 valence electrons. The van der Waals surface area contributed by atoms with Gasteiger partial charge in [0.25, 0.3) is 0 Å². The van der Waals surface area contributed by atoms with Crippen LogP contribution in [0.15, 0.2) is 30.5 Å². The first kappa shape index (κ1) is 14.7. The minimum Gasteiger partial charge on any atom is -0.297 e. The lowest BCUT2D eigenvalue weighted by Gasteiger charge is -2.31. The first-order chi connectivity index (χ1) is 11.2. The molecule has 5 nitrogen and oxygen atoms in total. The molecule has 0 bridgehead atoms. The summed E-state index contributed by atoms with van der Waals surface area (Å²) < 4.78 is 1.92. The number of piperidine rings is 1. The molecule has 1 N–H and O–H groups in total. The van der Waals surface area contributed by atoms with Gasteiger partial charge in [-0.3, -0.25) is 14.7 Å². The summed E-state index contributed by atoms with van der Waals surface area (Å²) in [4.78, 5) is 2.47. The number of H-pyrrole nitrogens is 1. The number of benzene rings is 1. The van der Waals surface area contributed by atoms with Gasteiger partial charge in [0.05, 0.1) is 16.2 Å². The number of halogens is 1. The van der Waals surface area contributed by atoms with Crippen molar-refractivity contribution in [3.63, 3.8) is 0 Å². The molecule has 4 rings (SSSR count). The summed E-state index contributed by atoms with van der Waals surface area (Å²) in [5.41, 5.74) is 3.39. The van der Waals surface area contributed by atoms with Crippen LogP contribution in [0.5, 0.6) is 0 Å². The smallest absolute Gasteiger partial charge is 0.0858 e. The molecule has 0 unspecified atom stereocenters. The highest BCUT2D eigenvalue weighted by atomic mass is 35.5. The number of aromatic amines is 1. The zero-order valence-electron chi connectivity index (χ0n) is 13.2. The van der Waals surface area contributed by atoms with E-state index in [0.29, 0.717) is 5.92 Å². The maximum atomic E-state index is 6.42. The van der Waals surface area contributed by atoms with Crippen molar-refractivity contribution in [2.45, 2.75) is 25.3 Å². The second-order valence-electron chi connectivity index (χ2n) is 6.29. The number of nitrogens with zero attached hydrogens (tertiary/aromatic N) is 4. The molecule has 1 fully saturated rings. The van der Waals surface area contributed by atoms with E-state index in [1.807, 2.05) is 30.1 Å². The maximum Gasteiger partial charge on any atom is 0.0858 e. The van der Waals surface area contributed by atoms with Crippen LogP contribution in [0, 0.1) is 0 Å². The summed E-state index contributed by atoms with van der Waals surface area (Å²) in [5.74, 6) is 0.525. The van der Waals surface area contributed by atoms with Gasteiger partial charge in [0.15, 0.2) is 0 Å². The highest BCUT2D eigenvalue weighted by Gasteiger charge is 2.24. The molecule has 3 heterocycles. The first-order valence-corrected chi connectivity index (χ1v) is 8.42. The molecular weight excluding hydrogens is 310 g/mol. The number of hydrogen-bond donors (Lipinski definition) is 1. The van der Waals surface area contributed by atoms with Crippen molar-refractivity contribution >= 4 is 22.5 Å². The molecule has 1 saturated heterocycles. The maximum absolute atomic E-state index is 6.42. The van der Waals surface area contributed by atoms with Crippen molar-refractivity contribution in [1.82, 2.24) is 24.9 Å². The summed E-state index contributed by atoms with van der Waals surface area (Å²) >= 11 is 6.42. The van der Waals surface area contributed by atoms with Gasteiger partial charge in [0.1, 0.15) is 0 Å². The second-order valence-corrected chi connectivity index (χ2v) is 6.70. The van der Waals surface area contributed by atoms with Gasteiger partial charge in [-0.15, -0.1) is 0 Å². The Hall–Kier alpha value is -1.85. The lowest BCUT2D eigenvalue weighted by molar-refractivity contribution is 0.196. The Morgan fingerprint density at radius 3 is 3.09 bits per heavy atom. The molecular formula is C17H20ClN5. The van der Waals surface area contributed by atoms with E-state index in [9.17, 15) is 0 Å². The third-order valence-corrected chi connectivity index (χ3v) is 5.06. The van der Waals surface area contributed by atoms with Crippen LogP contribution >= 0.6 is 11.6 Å². The van der Waals surface area contributed by atoms with Gasteiger partial charge in [0, 0.05) is 43.3 Å². The van der Waals surface area contributed by atoms with Gasteiger partial charge >= 0.3 is 0 Å². The van der Waals surface area contributed by atoms with Crippen LogP contribution < -0.4 is 0 Å². The van der Waals surface area contributed by atoms with Crippen LogP contribution in [0.25, 0.3) is 10.9 Å². The molecule has 0 radical (unpaired) electrons. The Labute approximate surface area is 140 Å². The molecule has 23 heavy (non-hydrogen) atoms. The van der Waals surface area contributed by atoms with Crippen LogP contribution in [0.2, 0.25) is 5.02 Å². The number of fused-ring (bicyclic) bond motifs is 1. The first-order valence-electron chi connectivity index (χ1n) is 8.04. The van der Waals surface area contributed by atoms with Crippen LogP contribution in [-0.4, -0.2) is 38.0 Å². The third kappa shape index (κ3) is 2.75. The Bertz CT molecular complexity index is 808. The van der Waals surface area contributed by atoms with Crippen LogP contribution in [0.1, 0.15) is 30.1 Å². The Morgan fingerprint density at radius 2 is 2.26 bits per heavy atom. The fourth-order valence-corrected chi connectivity index (χ4v) is 3.90. The molecule has 0 aliphatic carbocycles. The summed E-state index contributed by atoms with van der Waals surface area (Å²) in [6, 6.07) is 8.08. The zero-order valence-corrected chi connectivity index (χ0v) is 13.9. The minimum absolute atomic E-state index is 0.525. The molecule has 0 amide bonds. The van der Waals surface area contributed by atoms with E-state index in [1.165, 1.54) is 18.5 Å². The number of nitrogens with one attached hydrogen (secondary N) is 1. The molecule has 0 spiro atoms. The summed E-state index contributed by atoms with van der Waals surface area (Å²) in [7, 11) is 1.98. The number of rotatable bonds is 3. The van der Waals surface area contributed by atoms with E-state index in [0.717, 1.165) is 41.3 Å². The molecule has 0 saturated carbocycles. The predicted octanol–water partition coefficient (Wildman–Crippen LogP) is 3.33. The van der Waals surface area contributed by atoms with Crippen molar-refractivity contribution < 1.29 is 0 Å². The summed E-state index contributed by atoms with van der Waals surface area (Å²) in [6.07, 6.45) is 4.24. The Morgan fingerprint density at radius 1 is 1.35 bits per heavy atom. The van der Waals surface area contributed by atoms with Crippen LogP contribution in [-0.2, 0) is 13.6 Å². The number of aryl methyl sites for hydroxylation is 1. The van der Waals surface area contributed by atoms with Crippen LogP contribution in [0.4, 0.5) is 0 Å². The zero-order chi connectivity index (χ0) is 15.8. The van der Waals surface area contributed by atoms with Gasteiger partial charge in [-0.25, -0.2) is 0 Å². The van der Waals surface area contributed by atoms with Crippen LogP contribution in [0.3, 0.4) is 0 Å². The number of likely N-dealkylation sites (tertiary alicyclic amines) is 1. The van der Waals surface area contributed by atoms with Crippen molar-refractivity contribution in [3.05, 3.63) is 46.9 Å².